The van der Waals surface area contributed by atoms with Gasteiger partial charge in [-0.15, -0.1) is 0 Å². The fourth-order valence-electron chi connectivity index (χ4n) is 6.91. The van der Waals surface area contributed by atoms with Crippen molar-refractivity contribution in [1.29, 1.82) is 0 Å². The van der Waals surface area contributed by atoms with Gasteiger partial charge in [0.15, 0.2) is 0 Å². The van der Waals surface area contributed by atoms with Crippen LogP contribution >= 0.6 is 7.82 Å². The highest BCUT2D eigenvalue weighted by atomic mass is 31.2. The number of esters is 1. The summed E-state index contributed by atoms with van der Waals surface area (Å²) in [5, 5.41) is 12.7. The van der Waals surface area contributed by atoms with Crippen LogP contribution in [0.5, 0.6) is 0 Å². The molecule has 0 aliphatic rings. The number of allylic oxidation sites excluding steroid dienone is 8. The van der Waals surface area contributed by atoms with Crippen LogP contribution in [0, 0.1) is 0 Å². The molecule has 2 unspecified atom stereocenters. The van der Waals surface area contributed by atoms with Gasteiger partial charge in [0.05, 0.1) is 13.2 Å². The third-order valence-corrected chi connectivity index (χ3v) is 11.7. The third-order valence-electron chi connectivity index (χ3n) is 10.7. The summed E-state index contributed by atoms with van der Waals surface area (Å²) in [6.07, 6.45) is 56.1. The minimum atomic E-state index is -4.42. The first-order valence-electron chi connectivity index (χ1n) is 25.1. The Balaban J connectivity index is 3.56. The van der Waals surface area contributed by atoms with Gasteiger partial charge in [-0.25, -0.2) is 4.57 Å². The number of carbonyl (C=O) groups excluding carboxylic acids is 2. The van der Waals surface area contributed by atoms with Gasteiger partial charge in [0.1, 0.15) is 12.7 Å². The average Bonchev–Trinajstić information content (AvgIpc) is 3.25. The number of rotatable bonds is 47. The molecule has 1 amide bonds. The van der Waals surface area contributed by atoms with E-state index in [4.69, 9.17) is 13.8 Å². The number of carbonyl (C=O) groups is 2. The van der Waals surface area contributed by atoms with Crippen LogP contribution in [-0.2, 0) is 27.9 Å². The fourth-order valence-corrected chi connectivity index (χ4v) is 7.67. The molecule has 9 nitrogen and oxygen atoms in total. The number of unbranched alkanes of at least 4 members (excludes halogenated alkanes) is 26. The van der Waals surface area contributed by atoms with Gasteiger partial charge in [-0.1, -0.05) is 191 Å². The predicted octanol–water partition coefficient (Wildman–Crippen LogP) is 14.7. The normalized spacial score (nSPS) is 13.6. The van der Waals surface area contributed by atoms with Crippen LogP contribution in [0.25, 0.3) is 0 Å². The molecule has 2 atom stereocenters. The lowest BCUT2D eigenvalue weighted by molar-refractivity contribution is -0.147. The maximum atomic E-state index is 12.1. The van der Waals surface area contributed by atoms with Crippen molar-refractivity contribution in [3.8, 4) is 0 Å². The fraction of sp³-hybridized carbons (Fsp3) is 0.804. The lowest BCUT2D eigenvalue weighted by Gasteiger charge is -2.15. The molecule has 0 saturated heterocycles. The lowest BCUT2D eigenvalue weighted by atomic mass is 10.0. The van der Waals surface area contributed by atoms with Gasteiger partial charge in [-0.2, -0.15) is 0 Å². The number of aliphatic hydroxyl groups excluding tert-OH is 1. The largest absolute Gasteiger partial charge is 0.472 e. The zero-order chi connectivity index (χ0) is 44.6. The van der Waals surface area contributed by atoms with Crippen LogP contribution in [0.3, 0.4) is 0 Å². The number of ether oxygens (including phenoxy) is 1. The summed E-state index contributed by atoms with van der Waals surface area (Å²) in [4.78, 5) is 34.0. The number of nitrogens with one attached hydrogen (secondary N) is 1. The topological polar surface area (TPSA) is 131 Å². The van der Waals surface area contributed by atoms with Crippen molar-refractivity contribution in [2.45, 2.75) is 238 Å². The van der Waals surface area contributed by atoms with E-state index in [0.717, 1.165) is 57.8 Å². The van der Waals surface area contributed by atoms with Crippen molar-refractivity contribution in [3.63, 3.8) is 0 Å². The zero-order valence-electron chi connectivity index (χ0n) is 39.4. The second-order valence-corrected chi connectivity index (χ2v) is 18.2. The molecule has 0 aromatic heterocycles. The maximum Gasteiger partial charge on any atom is 0.472 e. The molecular formula is C51H94NO8P. The first-order chi connectivity index (χ1) is 29.8. The van der Waals surface area contributed by atoms with E-state index in [0.29, 0.717) is 6.42 Å². The first kappa shape index (κ1) is 59.0. The number of aliphatic hydroxyl groups is 1. The molecule has 0 aliphatic carbocycles. The SMILES string of the molecule is CCCCC/C=C\C/C=C\CCCCCCCCCCCCCCCC(=O)OCC(O)COP(=O)(O)OCCNC(=O)CCCCCCCCC/C=C\C/C=C\CCCCC. The molecule has 0 aromatic carbocycles. The van der Waals surface area contributed by atoms with E-state index < -0.39 is 26.5 Å². The van der Waals surface area contributed by atoms with Crippen LogP contribution in [-0.4, -0.2) is 54.3 Å². The summed E-state index contributed by atoms with van der Waals surface area (Å²) in [5.74, 6) is -0.521. The van der Waals surface area contributed by atoms with Crippen molar-refractivity contribution in [2.24, 2.45) is 0 Å². The minimum Gasteiger partial charge on any atom is -0.463 e. The van der Waals surface area contributed by atoms with Crippen LogP contribution in [0.2, 0.25) is 0 Å². The van der Waals surface area contributed by atoms with Crippen LogP contribution in [0.4, 0.5) is 0 Å². The highest BCUT2D eigenvalue weighted by Crippen LogP contribution is 2.42. The van der Waals surface area contributed by atoms with Crippen molar-refractivity contribution >= 4 is 19.7 Å². The van der Waals surface area contributed by atoms with Gasteiger partial charge in [0.2, 0.25) is 5.91 Å². The Morgan fingerprint density at radius 2 is 0.885 bits per heavy atom. The average molecular weight is 880 g/mol. The van der Waals surface area contributed by atoms with E-state index in [1.54, 1.807) is 0 Å². The molecule has 0 heterocycles. The van der Waals surface area contributed by atoms with Gasteiger partial charge >= 0.3 is 13.8 Å². The molecule has 0 rings (SSSR count). The molecule has 0 aliphatic heterocycles. The van der Waals surface area contributed by atoms with E-state index in [1.165, 1.54) is 148 Å². The van der Waals surface area contributed by atoms with E-state index >= 15 is 0 Å². The van der Waals surface area contributed by atoms with E-state index in [2.05, 4.69) is 67.8 Å². The van der Waals surface area contributed by atoms with E-state index in [9.17, 15) is 24.2 Å². The Bertz CT molecular complexity index is 1140. The Morgan fingerprint density at radius 1 is 0.508 bits per heavy atom. The third kappa shape index (κ3) is 48.9. The molecule has 0 aromatic rings. The summed E-state index contributed by atoms with van der Waals surface area (Å²) in [5.41, 5.74) is 0. The minimum absolute atomic E-state index is 0.0770. The van der Waals surface area contributed by atoms with Gasteiger partial charge in [-0.05, 0) is 77.0 Å². The van der Waals surface area contributed by atoms with Crippen molar-refractivity contribution in [3.05, 3.63) is 48.6 Å². The molecule has 0 spiro atoms. The molecule has 10 heteroatoms. The van der Waals surface area contributed by atoms with Crippen LogP contribution < -0.4 is 5.32 Å². The Morgan fingerprint density at radius 3 is 1.31 bits per heavy atom. The summed E-state index contributed by atoms with van der Waals surface area (Å²) in [6, 6.07) is 0. The van der Waals surface area contributed by atoms with Crippen molar-refractivity contribution in [1.82, 2.24) is 5.32 Å². The number of hydrogen-bond acceptors (Lipinski definition) is 7. The zero-order valence-corrected chi connectivity index (χ0v) is 40.3. The van der Waals surface area contributed by atoms with Crippen LogP contribution in [0.15, 0.2) is 48.6 Å². The summed E-state index contributed by atoms with van der Waals surface area (Å²) in [6.45, 7) is 3.52. The summed E-state index contributed by atoms with van der Waals surface area (Å²) >= 11 is 0. The van der Waals surface area contributed by atoms with Gasteiger partial charge in [-0.3, -0.25) is 18.6 Å². The van der Waals surface area contributed by atoms with Gasteiger partial charge in [0.25, 0.3) is 0 Å². The van der Waals surface area contributed by atoms with E-state index in [-0.39, 0.29) is 32.1 Å². The Hall–Kier alpha value is -2.03. The smallest absolute Gasteiger partial charge is 0.463 e. The number of phosphoric ester groups is 1. The molecule has 0 radical (unpaired) electrons. The lowest BCUT2D eigenvalue weighted by Crippen LogP contribution is -2.27. The van der Waals surface area contributed by atoms with Crippen molar-refractivity contribution in [2.75, 3.05) is 26.4 Å². The van der Waals surface area contributed by atoms with E-state index in [1.807, 2.05) is 0 Å². The standard InChI is InChI=1S/C51H94NO8P/c1-3-5-7-9-11-13-15-17-19-21-22-23-24-25-26-28-30-32-34-36-38-40-42-44-51(55)58-47-49(53)48-60-61(56,57)59-46-45-52-50(54)43-41-39-37-35-33-31-29-27-20-18-16-14-12-10-8-6-4-2/h11-14,17-20,49,53H,3-10,15-16,21-48H2,1-2H3,(H,52,54)(H,56,57)/b13-11-,14-12-,19-17-,20-18-. The van der Waals surface area contributed by atoms with Crippen LogP contribution in [0.1, 0.15) is 232 Å². The maximum absolute atomic E-state index is 12.1. The second kappa shape index (κ2) is 47.4. The molecule has 61 heavy (non-hydrogen) atoms. The number of hydrogen-bond donors (Lipinski definition) is 3. The van der Waals surface area contributed by atoms with Gasteiger partial charge in [0, 0.05) is 19.4 Å². The highest BCUT2D eigenvalue weighted by molar-refractivity contribution is 7.47. The second-order valence-electron chi connectivity index (χ2n) is 16.8. The molecule has 0 saturated carbocycles. The Labute approximate surface area is 375 Å². The van der Waals surface area contributed by atoms with Gasteiger partial charge < -0.3 is 20.1 Å². The van der Waals surface area contributed by atoms with Crippen molar-refractivity contribution < 1.29 is 37.9 Å². The quantitative estimate of drug-likeness (QED) is 0.0238. The summed E-state index contributed by atoms with van der Waals surface area (Å²) in [7, 11) is -4.42. The molecule has 0 bridgehead atoms. The highest BCUT2D eigenvalue weighted by Gasteiger charge is 2.23. The molecule has 0 fully saturated rings. The summed E-state index contributed by atoms with van der Waals surface area (Å²) < 4.78 is 27.0. The molecular weight excluding hydrogens is 786 g/mol. The number of phosphoric acid groups is 1. The first-order valence-corrected chi connectivity index (χ1v) is 26.6. The Kier molecular flexibility index (Phi) is 45.9. The number of amides is 1. The molecule has 356 valence electrons. The molecule has 3 N–H and O–H groups in total. The predicted molar refractivity (Wildman–Crippen MR) is 257 cm³/mol. The monoisotopic (exact) mass is 880 g/mol.